The third-order valence-corrected chi connectivity index (χ3v) is 3.84. The third kappa shape index (κ3) is 11.9. The normalized spacial score (nSPS) is 9.92. The van der Waals surface area contributed by atoms with Crippen LogP contribution in [0.25, 0.3) is 0 Å². The van der Waals surface area contributed by atoms with Crippen LogP contribution in [0.4, 0.5) is 0 Å². The summed E-state index contributed by atoms with van der Waals surface area (Å²) in [7, 11) is 0. The predicted molar refractivity (Wildman–Crippen MR) is 84.0 cm³/mol. The van der Waals surface area contributed by atoms with Gasteiger partial charge in [0.05, 0.1) is 0 Å². The Bertz CT molecular complexity index is 538. The zero-order chi connectivity index (χ0) is 19.8. The van der Waals surface area contributed by atoms with Gasteiger partial charge in [0.2, 0.25) is 0 Å². The first kappa shape index (κ1) is 24.5. The number of ether oxygens (including phenoxy) is 2. The van der Waals surface area contributed by atoms with Crippen LogP contribution < -0.4 is 0 Å². The first-order chi connectivity index (χ1) is 12.5. The molecule has 0 aliphatic heterocycles. The number of carbonyl (C=O) groups excluding carboxylic acids is 4. The zero-order valence-electron chi connectivity index (χ0n) is 15.0. The molecule has 0 heterocycles. The number of Topliss-reactive ketones (excluding diaryl/α,β-unsaturated/α-hetero) is 2. The van der Waals surface area contributed by atoms with Crippen molar-refractivity contribution >= 4 is 27.7 Å². The molecule has 0 saturated heterocycles. The molecule has 0 N–H and O–H groups in total. The SMILES string of the molecule is CCCCOCC(=O)CC(=O)OOC(=O)[C](=[V]=[O])C(=O)COCCCC. The molecule has 0 fully saturated rings. The minimum atomic E-state index is -1.99. The second kappa shape index (κ2) is 15.7. The summed E-state index contributed by atoms with van der Waals surface area (Å²) in [5.41, 5.74) is 0. The molecule has 0 aromatic carbocycles. The van der Waals surface area contributed by atoms with E-state index in [1.165, 1.54) is 0 Å². The van der Waals surface area contributed by atoms with E-state index in [-0.39, 0.29) is 6.61 Å². The Hall–Kier alpha value is -1.55. The number of rotatable bonds is 14. The van der Waals surface area contributed by atoms with Gasteiger partial charge in [-0.2, -0.15) is 0 Å². The van der Waals surface area contributed by atoms with Gasteiger partial charge >= 0.3 is 151 Å². The first-order valence-corrected chi connectivity index (χ1v) is 9.55. The van der Waals surface area contributed by atoms with Crippen molar-refractivity contribution in [3.63, 3.8) is 0 Å². The molecule has 0 radical (unpaired) electrons. The molecule has 0 amide bonds. The zero-order valence-corrected chi connectivity index (χ0v) is 16.4. The van der Waals surface area contributed by atoms with Crippen molar-refractivity contribution in [2.24, 2.45) is 0 Å². The van der Waals surface area contributed by atoms with Crippen LogP contribution in [0.3, 0.4) is 0 Å². The molecule has 0 unspecified atom stereocenters. The van der Waals surface area contributed by atoms with Crippen molar-refractivity contribution in [3.8, 4) is 0 Å². The van der Waals surface area contributed by atoms with Gasteiger partial charge in [-0.05, 0) is 0 Å². The van der Waals surface area contributed by atoms with Gasteiger partial charge in [0.1, 0.15) is 0 Å². The van der Waals surface area contributed by atoms with Crippen molar-refractivity contribution in [2.75, 3.05) is 26.4 Å². The molecule has 0 rings (SSSR count). The standard InChI is InChI=1S/C16H24O8.O.V/c1-3-5-7-21-11-13(17)9-15(19)23-24-16(20)10-14(18)12-22-8-6-4-2;;/h3-9,11-12H2,1-2H3;;. The van der Waals surface area contributed by atoms with Gasteiger partial charge in [-0.15, -0.1) is 0 Å². The topological polar surface area (TPSA) is 122 Å². The number of ketones is 2. The molecule has 0 spiro atoms. The van der Waals surface area contributed by atoms with E-state index in [2.05, 4.69) is 9.78 Å². The minimum absolute atomic E-state index is 0.251. The Morgan fingerprint density at radius 3 is 1.96 bits per heavy atom. The van der Waals surface area contributed by atoms with Gasteiger partial charge in [-0.1, -0.05) is 6.92 Å². The molecule has 0 saturated carbocycles. The Morgan fingerprint density at radius 1 is 0.846 bits per heavy atom. The summed E-state index contributed by atoms with van der Waals surface area (Å²) in [5, 5.41) is 0. The van der Waals surface area contributed by atoms with Crippen LogP contribution in [0.5, 0.6) is 0 Å². The third-order valence-electron chi connectivity index (χ3n) is 2.88. The van der Waals surface area contributed by atoms with Crippen LogP contribution in [-0.2, 0) is 57.9 Å². The fourth-order valence-electron chi connectivity index (χ4n) is 1.48. The van der Waals surface area contributed by atoms with Gasteiger partial charge < -0.3 is 0 Å². The summed E-state index contributed by atoms with van der Waals surface area (Å²) in [6.45, 7) is 3.98. The summed E-state index contributed by atoms with van der Waals surface area (Å²) >= 11 is -1.99. The summed E-state index contributed by atoms with van der Waals surface area (Å²) in [5.74, 6) is -3.78. The van der Waals surface area contributed by atoms with E-state index in [4.69, 9.17) is 9.47 Å². The second-order valence-electron chi connectivity index (χ2n) is 5.22. The summed E-state index contributed by atoms with van der Waals surface area (Å²) in [6, 6.07) is 0. The van der Waals surface area contributed by atoms with E-state index in [1.807, 2.05) is 13.8 Å². The Kier molecular flexibility index (Phi) is 14.8. The number of carbonyl (C=O) groups is 4. The predicted octanol–water partition coefficient (Wildman–Crippen LogP) is 0.750. The summed E-state index contributed by atoms with van der Waals surface area (Å²) in [6.07, 6.45) is 2.68. The fourth-order valence-corrected chi connectivity index (χ4v) is 1.91. The van der Waals surface area contributed by atoms with Crippen LogP contribution in [0, 0.1) is 0 Å². The molecule has 0 bridgehead atoms. The van der Waals surface area contributed by atoms with Crippen LogP contribution in [0.1, 0.15) is 46.0 Å². The molecule has 0 atom stereocenters. The first-order valence-electron chi connectivity index (χ1n) is 8.28. The Labute approximate surface area is 158 Å². The average Bonchev–Trinajstić information content (AvgIpc) is 2.61. The van der Waals surface area contributed by atoms with Gasteiger partial charge in [-0.3, -0.25) is 0 Å². The van der Waals surface area contributed by atoms with Crippen LogP contribution in [-0.4, -0.2) is 54.2 Å². The Morgan fingerprint density at radius 2 is 1.42 bits per heavy atom. The maximum atomic E-state index is 11.7. The number of unbranched alkanes of at least 4 members (excludes halogenated alkanes) is 2. The van der Waals surface area contributed by atoms with Crippen molar-refractivity contribution in [3.05, 3.63) is 0 Å². The van der Waals surface area contributed by atoms with Crippen LogP contribution in [0.15, 0.2) is 0 Å². The Balaban J connectivity index is 4.19. The van der Waals surface area contributed by atoms with Gasteiger partial charge in [0, 0.05) is 0 Å². The molecule has 26 heavy (non-hydrogen) atoms. The van der Waals surface area contributed by atoms with E-state index in [0.717, 1.165) is 25.7 Å². The van der Waals surface area contributed by atoms with Crippen molar-refractivity contribution < 1.29 is 57.9 Å². The van der Waals surface area contributed by atoms with E-state index < -0.39 is 56.6 Å². The van der Waals surface area contributed by atoms with E-state index in [9.17, 15) is 22.9 Å². The number of hydrogen-bond donors (Lipinski definition) is 0. The molecule has 9 nitrogen and oxygen atoms in total. The molecular weight excluding hydrogens is 387 g/mol. The molecule has 10 heteroatoms. The molecular formula is C16H24O9V. The summed E-state index contributed by atoms with van der Waals surface area (Å²) in [4.78, 5) is 54.6. The molecule has 0 aliphatic carbocycles. The van der Waals surface area contributed by atoms with Crippen molar-refractivity contribution in [1.82, 2.24) is 0 Å². The molecule has 0 aliphatic rings. The maximum absolute atomic E-state index is 11.7. The molecule has 147 valence electrons. The van der Waals surface area contributed by atoms with Crippen molar-refractivity contribution in [2.45, 2.75) is 46.0 Å². The van der Waals surface area contributed by atoms with E-state index >= 15 is 0 Å². The molecule has 0 aromatic rings. The average molecular weight is 411 g/mol. The van der Waals surface area contributed by atoms with E-state index in [1.54, 1.807) is 0 Å². The van der Waals surface area contributed by atoms with Crippen LogP contribution in [0.2, 0.25) is 0 Å². The fraction of sp³-hybridized carbons (Fsp3) is 0.688. The second-order valence-corrected chi connectivity index (χ2v) is 6.20. The van der Waals surface area contributed by atoms with Gasteiger partial charge in [-0.25, -0.2) is 0 Å². The number of hydrogen-bond acceptors (Lipinski definition) is 9. The molecule has 0 aromatic heterocycles. The summed E-state index contributed by atoms with van der Waals surface area (Å²) < 4.78 is 20.5. The van der Waals surface area contributed by atoms with E-state index in [0.29, 0.717) is 13.2 Å². The van der Waals surface area contributed by atoms with Gasteiger partial charge in [0.15, 0.2) is 0 Å². The monoisotopic (exact) mass is 411 g/mol. The van der Waals surface area contributed by atoms with Crippen molar-refractivity contribution in [1.29, 1.82) is 0 Å². The quantitative estimate of drug-likeness (QED) is 0.176. The van der Waals surface area contributed by atoms with Gasteiger partial charge in [0.25, 0.3) is 0 Å². The van der Waals surface area contributed by atoms with Crippen LogP contribution >= 0.6 is 0 Å².